The van der Waals surface area contributed by atoms with Crippen LogP contribution in [0.5, 0.6) is 0 Å². The van der Waals surface area contributed by atoms with Gasteiger partial charge in [-0.3, -0.25) is 14.5 Å². The lowest BCUT2D eigenvalue weighted by atomic mass is 9.94. The Morgan fingerprint density at radius 2 is 1.55 bits per heavy atom. The maximum Gasteiger partial charge on any atom is 0.416 e. The summed E-state index contributed by atoms with van der Waals surface area (Å²) in [4.78, 5) is 31.8. The van der Waals surface area contributed by atoms with E-state index in [4.69, 9.17) is 0 Å². The van der Waals surface area contributed by atoms with Crippen molar-refractivity contribution >= 4 is 11.8 Å². The van der Waals surface area contributed by atoms with Gasteiger partial charge in [0.1, 0.15) is 0 Å². The van der Waals surface area contributed by atoms with Gasteiger partial charge in [-0.2, -0.15) is 13.2 Å². The average molecular weight is 440 g/mol. The topological polar surface area (TPSA) is 43.9 Å². The third kappa shape index (κ3) is 5.40. The van der Waals surface area contributed by atoms with Crippen LogP contribution < -0.4 is 0 Å². The summed E-state index contributed by atoms with van der Waals surface area (Å²) in [5.41, 5.74) is -0.504. The van der Waals surface area contributed by atoms with Gasteiger partial charge in [0.05, 0.1) is 11.6 Å². The fraction of sp³-hybridized carbons (Fsp3) is 0.652. The van der Waals surface area contributed by atoms with Gasteiger partial charge in [-0.05, 0) is 56.9 Å². The van der Waals surface area contributed by atoms with Gasteiger partial charge in [0.25, 0.3) is 5.91 Å². The number of alkyl halides is 3. The minimum atomic E-state index is -4.42. The van der Waals surface area contributed by atoms with Crippen molar-refractivity contribution in [2.75, 3.05) is 39.3 Å². The summed E-state index contributed by atoms with van der Waals surface area (Å²) < 4.78 is 38.3. The second kappa shape index (κ2) is 10.0. The fourth-order valence-corrected chi connectivity index (χ4v) is 4.84. The standard InChI is InChI=1S/C23H32F3N3O2/c1-3-27(4-2)22(31)20(17-7-5-6-8-17)28-13-15-29(16-14-28)21(30)18-9-11-19(12-10-18)23(24,25)26/h9-12,17,20H,3-8,13-16H2,1-2H3/t20-/m0/s1. The zero-order valence-electron chi connectivity index (χ0n) is 18.3. The SMILES string of the molecule is CCN(CC)C(=O)[C@H](C1CCCC1)N1CCN(C(=O)c2ccc(C(F)(F)F)cc2)CC1. The Balaban J connectivity index is 1.66. The van der Waals surface area contributed by atoms with Gasteiger partial charge in [-0.1, -0.05) is 12.8 Å². The van der Waals surface area contributed by atoms with Gasteiger partial charge >= 0.3 is 6.18 Å². The molecule has 31 heavy (non-hydrogen) atoms. The van der Waals surface area contributed by atoms with Crippen LogP contribution in [0.1, 0.15) is 55.5 Å². The van der Waals surface area contributed by atoms with Crippen LogP contribution in [0.4, 0.5) is 13.2 Å². The number of amides is 2. The molecule has 2 fully saturated rings. The molecule has 2 amide bonds. The molecule has 1 aliphatic carbocycles. The zero-order valence-corrected chi connectivity index (χ0v) is 18.3. The largest absolute Gasteiger partial charge is 0.416 e. The smallest absolute Gasteiger partial charge is 0.342 e. The molecule has 0 N–H and O–H groups in total. The van der Waals surface area contributed by atoms with Crippen molar-refractivity contribution in [3.8, 4) is 0 Å². The van der Waals surface area contributed by atoms with E-state index >= 15 is 0 Å². The molecule has 1 saturated carbocycles. The van der Waals surface area contributed by atoms with E-state index in [0.29, 0.717) is 45.2 Å². The highest BCUT2D eigenvalue weighted by Gasteiger charge is 2.39. The van der Waals surface area contributed by atoms with Crippen LogP contribution in [-0.4, -0.2) is 71.8 Å². The Kier molecular flexibility index (Phi) is 7.62. The molecule has 1 atom stereocenters. The molecular formula is C23H32F3N3O2. The van der Waals surface area contributed by atoms with Crippen LogP contribution in [0.2, 0.25) is 0 Å². The molecule has 172 valence electrons. The second-order valence-electron chi connectivity index (χ2n) is 8.40. The molecule has 5 nitrogen and oxygen atoms in total. The van der Waals surface area contributed by atoms with Gasteiger partial charge in [-0.25, -0.2) is 0 Å². The third-order valence-electron chi connectivity index (χ3n) is 6.63. The molecule has 2 aliphatic rings. The predicted molar refractivity (Wildman–Crippen MR) is 113 cm³/mol. The number of nitrogens with zero attached hydrogens (tertiary/aromatic N) is 3. The lowest BCUT2D eigenvalue weighted by Crippen LogP contribution is -2.58. The first-order valence-electron chi connectivity index (χ1n) is 11.3. The molecular weight excluding hydrogens is 407 g/mol. The minimum Gasteiger partial charge on any atom is -0.342 e. The van der Waals surface area contributed by atoms with E-state index in [-0.39, 0.29) is 23.4 Å². The number of likely N-dealkylation sites (N-methyl/N-ethyl adjacent to an activating group) is 1. The second-order valence-corrected chi connectivity index (χ2v) is 8.40. The molecule has 0 unspecified atom stereocenters. The Bertz CT molecular complexity index is 748. The summed E-state index contributed by atoms with van der Waals surface area (Å²) >= 11 is 0. The summed E-state index contributed by atoms with van der Waals surface area (Å²) in [7, 11) is 0. The molecule has 0 radical (unpaired) electrons. The number of carbonyl (C=O) groups excluding carboxylic acids is 2. The van der Waals surface area contributed by atoms with Crippen LogP contribution in [-0.2, 0) is 11.0 Å². The van der Waals surface area contributed by atoms with E-state index in [2.05, 4.69) is 4.90 Å². The van der Waals surface area contributed by atoms with Gasteiger partial charge in [-0.15, -0.1) is 0 Å². The van der Waals surface area contributed by atoms with Crippen molar-refractivity contribution in [3.05, 3.63) is 35.4 Å². The van der Waals surface area contributed by atoms with E-state index in [9.17, 15) is 22.8 Å². The normalized spacial score (nSPS) is 19.5. The quantitative estimate of drug-likeness (QED) is 0.676. The van der Waals surface area contributed by atoms with Crippen molar-refractivity contribution in [1.29, 1.82) is 0 Å². The maximum atomic E-state index is 13.3. The monoisotopic (exact) mass is 439 g/mol. The number of hydrogen-bond donors (Lipinski definition) is 0. The molecule has 1 aliphatic heterocycles. The van der Waals surface area contributed by atoms with Crippen molar-refractivity contribution < 1.29 is 22.8 Å². The van der Waals surface area contributed by atoms with Crippen LogP contribution in [0.15, 0.2) is 24.3 Å². The highest BCUT2D eigenvalue weighted by Crippen LogP contribution is 2.32. The third-order valence-corrected chi connectivity index (χ3v) is 6.63. The summed E-state index contributed by atoms with van der Waals surface area (Å²) in [6.07, 6.45) is 0.00272. The van der Waals surface area contributed by atoms with Crippen molar-refractivity contribution in [2.24, 2.45) is 5.92 Å². The molecule has 1 aromatic rings. The molecule has 0 bridgehead atoms. The Hall–Kier alpha value is -2.09. The minimum absolute atomic E-state index is 0.147. The first kappa shape index (κ1) is 23.6. The van der Waals surface area contributed by atoms with Crippen LogP contribution in [0.25, 0.3) is 0 Å². The summed E-state index contributed by atoms with van der Waals surface area (Å²) in [6.45, 7) is 7.49. The first-order valence-corrected chi connectivity index (χ1v) is 11.3. The molecule has 0 spiro atoms. The average Bonchev–Trinajstić information content (AvgIpc) is 3.28. The van der Waals surface area contributed by atoms with Crippen LogP contribution >= 0.6 is 0 Å². The molecule has 1 heterocycles. The van der Waals surface area contributed by atoms with Crippen molar-refractivity contribution in [2.45, 2.75) is 51.7 Å². The Morgan fingerprint density at radius 3 is 2.03 bits per heavy atom. The van der Waals surface area contributed by atoms with E-state index in [1.807, 2.05) is 18.7 Å². The summed E-state index contributed by atoms with van der Waals surface area (Å²) in [5, 5.41) is 0. The van der Waals surface area contributed by atoms with E-state index in [1.165, 1.54) is 12.1 Å². The lowest BCUT2D eigenvalue weighted by Gasteiger charge is -2.42. The first-order chi connectivity index (χ1) is 14.8. The van der Waals surface area contributed by atoms with E-state index in [1.54, 1.807) is 4.90 Å². The molecule has 1 aromatic carbocycles. The number of benzene rings is 1. The lowest BCUT2D eigenvalue weighted by molar-refractivity contribution is -0.139. The van der Waals surface area contributed by atoms with E-state index in [0.717, 1.165) is 37.8 Å². The van der Waals surface area contributed by atoms with Gasteiger partial charge < -0.3 is 9.80 Å². The van der Waals surface area contributed by atoms with Gasteiger partial charge in [0.2, 0.25) is 5.91 Å². The van der Waals surface area contributed by atoms with E-state index < -0.39 is 11.7 Å². The number of piperazine rings is 1. The van der Waals surface area contributed by atoms with Crippen LogP contribution in [0, 0.1) is 5.92 Å². The van der Waals surface area contributed by atoms with Gasteiger partial charge in [0.15, 0.2) is 0 Å². The fourth-order valence-electron chi connectivity index (χ4n) is 4.84. The highest BCUT2D eigenvalue weighted by atomic mass is 19.4. The number of hydrogen-bond acceptors (Lipinski definition) is 3. The Morgan fingerprint density at radius 1 is 1.00 bits per heavy atom. The van der Waals surface area contributed by atoms with Crippen molar-refractivity contribution in [3.63, 3.8) is 0 Å². The molecule has 3 rings (SSSR count). The zero-order chi connectivity index (χ0) is 22.6. The maximum absolute atomic E-state index is 13.3. The van der Waals surface area contributed by atoms with Gasteiger partial charge in [0, 0.05) is 44.8 Å². The van der Waals surface area contributed by atoms with Crippen LogP contribution in [0.3, 0.4) is 0 Å². The molecule has 1 saturated heterocycles. The number of rotatable bonds is 6. The highest BCUT2D eigenvalue weighted by molar-refractivity contribution is 5.94. The number of carbonyl (C=O) groups is 2. The predicted octanol–water partition coefficient (Wildman–Crippen LogP) is 3.89. The van der Waals surface area contributed by atoms with Crippen molar-refractivity contribution in [1.82, 2.24) is 14.7 Å². The molecule has 8 heteroatoms. The summed E-state index contributed by atoms with van der Waals surface area (Å²) in [5.74, 6) is 0.269. The number of halogens is 3. The summed E-state index contributed by atoms with van der Waals surface area (Å²) in [6, 6.07) is 4.22. The Labute approximate surface area is 182 Å². The molecule has 0 aromatic heterocycles.